The minimum atomic E-state index is -0.411. The fraction of sp³-hybridized carbons (Fsp3) is 0.500. The van der Waals surface area contributed by atoms with Gasteiger partial charge >= 0.3 is 5.97 Å². The van der Waals surface area contributed by atoms with Gasteiger partial charge in [0.2, 0.25) is 0 Å². The van der Waals surface area contributed by atoms with Gasteiger partial charge in [-0.3, -0.25) is 0 Å². The van der Waals surface area contributed by atoms with Gasteiger partial charge in [0, 0.05) is 5.70 Å². The zero-order valence-electron chi connectivity index (χ0n) is 16.0. The normalized spacial score (nSPS) is 20.1. The largest absolute Gasteiger partial charge is 0.490 e. The van der Waals surface area contributed by atoms with Gasteiger partial charge in [-0.25, -0.2) is 4.79 Å². The third-order valence-electron chi connectivity index (χ3n) is 4.87. The summed E-state index contributed by atoms with van der Waals surface area (Å²) in [6.45, 7) is 4.28. The Balaban J connectivity index is 1.94. The molecule has 1 aromatic rings. The van der Waals surface area contributed by atoms with Gasteiger partial charge < -0.3 is 24.8 Å². The molecule has 27 heavy (non-hydrogen) atoms. The Morgan fingerprint density at radius 1 is 1.26 bits per heavy atom. The molecule has 1 fully saturated rings. The van der Waals surface area contributed by atoms with Gasteiger partial charge in [0.25, 0.3) is 0 Å². The molecule has 0 spiro atoms. The van der Waals surface area contributed by atoms with Crippen molar-refractivity contribution in [1.29, 1.82) is 0 Å². The van der Waals surface area contributed by atoms with Crippen molar-refractivity contribution in [3.8, 4) is 11.5 Å². The highest BCUT2D eigenvalue weighted by atomic mass is 32.1. The quantitative estimate of drug-likeness (QED) is 0.570. The van der Waals surface area contributed by atoms with Gasteiger partial charge in [-0.15, -0.1) is 0 Å². The van der Waals surface area contributed by atoms with Crippen LogP contribution in [-0.4, -0.2) is 30.9 Å². The standard InChI is InChI=1S/C20H26N2O4S/c1-4-25-16-11-13(9-10-15(16)26-14-7-5-6-8-14)18-17(19(23)24-3)12(2)21-20(27)22-18/h9-11,14,18H,4-8H2,1-3H3,(H2,21,22,27)/t18-/m1/s1. The van der Waals surface area contributed by atoms with Crippen LogP contribution in [0.5, 0.6) is 11.5 Å². The maximum absolute atomic E-state index is 12.3. The van der Waals surface area contributed by atoms with Crippen LogP contribution in [0.3, 0.4) is 0 Å². The summed E-state index contributed by atoms with van der Waals surface area (Å²) in [4.78, 5) is 12.3. The van der Waals surface area contributed by atoms with Crippen LogP contribution in [0, 0.1) is 0 Å². The zero-order valence-corrected chi connectivity index (χ0v) is 16.8. The van der Waals surface area contributed by atoms with E-state index in [-0.39, 0.29) is 6.10 Å². The second kappa shape index (κ2) is 8.61. The van der Waals surface area contributed by atoms with Crippen molar-refractivity contribution in [2.75, 3.05) is 13.7 Å². The SMILES string of the molecule is CCOc1cc([C@H]2NC(=S)NC(C)=C2C(=O)OC)ccc1OC1CCCC1. The van der Waals surface area contributed by atoms with Crippen molar-refractivity contribution in [1.82, 2.24) is 10.6 Å². The molecule has 146 valence electrons. The summed E-state index contributed by atoms with van der Waals surface area (Å²) < 4.78 is 16.9. The number of nitrogens with one attached hydrogen (secondary N) is 2. The molecule has 2 aliphatic rings. The van der Waals surface area contributed by atoms with E-state index in [9.17, 15) is 4.79 Å². The van der Waals surface area contributed by atoms with Crippen LogP contribution in [0.4, 0.5) is 0 Å². The summed E-state index contributed by atoms with van der Waals surface area (Å²) in [7, 11) is 1.37. The second-order valence-corrected chi connectivity index (χ2v) is 7.13. The van der Waals surface area contributed by atoms with Gasteiger partial charge in [-0.2, -0.15) is 0 Å². The average molecular weight is 391 g/mol. The number of carbonyl (C=O) groups is 1. The first-order valence-corrected chi connectivity index (χ1v) is 9.74. The van der Waals surface area contributed by atoms with Gasteiger partial charge in [-0.05, 0) is 69.4 Å². The lowest BCUT2D eigenvalue weighted by molar-refractivity contribution is -0.136. The molecule has 1 atom stereocenters. The lowest BCUT2D eigenvalue weighted by Gasteiger charge is -2.30. The molecule has 3 rings (SSSR count). The van der Waals surface area contributed by atoms with Gasteiger partial charge in [0.1, 0.15) is 0 Å². The van der Waals surface area contributed by atoms with Gasteiger partial charge in [-0.1, -0.05) is 6.07 Å². The highest BCUT2D eigenvalue weighted by Gasteiger charge is 2.31. The van der Waals surface area contributed by atoms with E-state index in [1.807, 2.05) is 32.0 Å². The van der Waals surface area contributed by atoms with Crippen LogP contribution in [-0.2, 0) is 9.53 Å². The molecule has 0 saturated heterocycles. The molecule has 1 aromatic carbocycles. The highest BCUT2D eigenvalue weighted by molar-refractivity contribution is 7.80. The number of rotatable bonds is 6. The van der Waals surface area contributed by atoms with Crippen LogP contribution in [0.1, 0.15) is 51.1 Å². The summed E-state index contributed by atoms with van der Waals surface area (Å²) >= 11 is 5.28. The predicted octanol–water partition coefficient (Wildman–Crippen LogP) is 3.37. The molecular weight excluding hydrogens is 364 g/mol. The minimum Gasteiger partial charge on any atom is -0.490 e. The second-order valence-electron chi connectivity index (χ2n) is 6.73. The topological polar surface area (TPSA) is 68.8 Å². The number of benzene rings is 1. The first-order chi connectivity index (χ1) is 13.0. The van der Waals surface area contributed by atoms with E-state index in [0.29, 0.717) is 28.7 Å². The Morgan fingerprint density at radius 2 is 2.00 bits per heavy atom. The van der Waals surface area contributed by atoms with Crippen molar-refractivity contribution in [2.24, 2.45) is 0 Å². The molecule has 0 radical (unpaired) electrons. The maximum atomic E-state index is 12.3. The first kappa shape index (κ1) is 19.5. The third-order valence-corrected chi connectivity index (χ3v) is 5.09. The number of ether oxygens (including phenoxy) is 3. The number of hydrogen-bond acceptors (Lipinski definition) is 5. The Labute approximate surface area is 165 Å². The molecule has 2 N–H and O–H groups in total. The number of hydrogen-bond donors (Lipinski definition) is 2. The van der Waals surface area contributed by atoms with Crippen molar-refractivity contribution in [3.63, 3.8) is 0 Å². The summed E-state index contributed by atoms with van der Waals surface area (Å²) in [6.07, 6.45) is 4.80. The van der Waals surface area contributed by atoms with Gasteiger partial charge in [0.05, 0.1) is 31.4 Å². The maximum Gasteiger partial charge on any atom is 0.337 e. The Hall–Kier alpha value is -2.28. The molecule has 1 aliphatic heterocycles. The Bertz CT molecular complexity index is 756. The molecule has 1 aliphatic carbocycles. The fourth-order valence-electron chi connectivity index (χ4n) is 3.58. The van der Waals surface area contributed by atoms with E-state index in [1.165, 1.54) is 20.0 Å². The first-order valence-electron chi connectivity index (χ1n) is 9.33. The highest BCUT2D eigenvalue weighted by Crippen LogP contribution is 2.36. The summed E-state index contributed by atoms with van der Waals surface area (Å²) in [5, 5.41) is 6.61. The monoisotopic (exact) mass is 390 g/mol. The van der Waals surface area contributed by atoms with E-state index in [4.69, 9.17) is 26.4 Å². The number of allylic oxidation sites excluding steroid dienone is 1. The molecule has 0 aromatic heterocycles. The Morgan fingerprint density at radius 3 is 2.67 bits per heavy atom. The minimum absolute atomic E-state index is 0.243. The lowest BCUT2D eigenvalue weighted by Crippen LogP contribution is -2.45. The fourth-order valence-corrected chi connectivity index (χ4v) is 3.85. The van der Waals surface area contributed by atoms with E-state index < -0.39 is 12.0 Å². The molecule has 1 heterocycles. The molecule has 0 unspecified atom stereocenters. The van der Waals surface area contributed by atoms with E-state index in [1.54, 1.807) is 0 Å². The zero-order chi connectivity index (χ0) is 19.4. The van der Waals surface area contributed by atoms with E-state index in [0.717, 1.165) is 24.2 Å². The number of methoxy groups -OCH3 is 1. The van der Waals surface area contributed by atoms with Crippen LogP contribution in [0.15, 0.2) is 29.5 Å². The summed E-state index contributed by atoms with van der Waals surface area (Å²) in [5.41, 5.74) is 2.04. The molecule has 7 heteroatoms. The van der Waals surface area contributed by atoms with Crippen LogP contribution >= 0.6 is 12.2 Å². The van der Waals surface area contributed by atoms with Crippen LogP contribution < -0.4 is 20.1 Å². The van der Waals surface area contributed by atoms with Crippen molar-refractivity contribution < 1.29 is 19.0 Å². The van der Waals surface area contributed by atoms with Crippen LogP contribution in [0.25, 0.3) is 0 Å². The smallest absolute Gasteiger partial charge is 0.337 e. The third kappa shape index (κ3) is 4.35. The van der Waals surface area contributed by atoms with E-state index >= 15 is 0 Å². The molecular formula is C20H26N2O4S. The van der Waals surface area contributed by atoms with Crippen LogP contribution in [0.2, 0.25) is 0 Å². The molecule has 6 nitrogen and oxygen atoms in total. The molecule has 1 saturated carbocycles. The van der Waals surface area contributed by atoms with E-state index in [2.05, 4.69) is 10.6 Å². The molecule has 0 bridgehead atoms. The molecule has 0 amide bonds. The number of esters is 1. The number of carbonyl (C=O) groups excluding carboxylic acids is 1. The van der Waals surface area contributed by atoms with Gasteiger partial charge in [0.15, 0.2) is 16.6 Å². The summed E-state index contributed by atoms with van der Waals surface area (Å²) in [6, 6.07) is 5.35. The van der Waals surface area contributed by atoms with Crippen molar-refractivity contribution >= 4 is 23.3 Å². The lowest BCUT2D eigenvalue weighted by atomic mass is 9.95. The number of thiocarbonyl (C=S) groups is 1. The van der Waals surface area contributed by atoms with Crippen molar-refractivity contribution in [2.45, 2.75) is 51.7 Å². The average Bonchev–Trinajstić information content (AvgIpc) is 3.15. The predicted molar refractivity (Wildman–Crippen MR) is 107 cm³/mol. The summed E-state index contributed by atoms with van der Waals surface area (Å²) in [5.74, 6) is 1.02. The Kier molecular flexibility index (Phi) is 6.21. The van der Waals surface area contributed by atoms with Crippen molar-refractivity contribution in [3.05, 3.63) is 35.0 Å².